The van der Waals surface area contributed by atoms with Gasteiger partial charge in [-0.1, -0.05) is 0 Å². The van der Waals surface area contributed by atoms with Crippen LogP contribution in [0.1, 0.15) is 48.4 Å². The number of aliphatic hydroxyl groups is 1. The largest absolute Gasteiger partial charge is 0.438 e. The molecule has 1 N–H and O–H groups in total. The first-order valence-electron chi connectivity index (χ1n) is 8.08. The van der Waals surface area contributed by atoms with E-state index in [0.717, 1.165) is 38.7 Å². The van der Waals surface area contributed by atoms with E-state index >= 15 is 0 Å². The summed E-state index contributed by atoms with van der Waals surface area (Å²) in [6, 6.07) is 0. The number of likely N-dealkylation sites (tertiary alicyclic amines) is 1. The van der Waals surface area contributed by atoms with Gasteiger partial charge in [0.05, 0.1) is 11.3 Å². The number of amides is 1. The zero-order valence-corrected chi connectivity index (χ0v) is 13.1. The summed E-state index contributed by atoms with van der Waals surface area (Å²) in [6.07, 6.45) is 5.91. The number of carbonyl (C=O) groups is 1. The molecule has 0 bridgehead atoms. The number of aromatic nitrogens is 1. The predicted octanol–water partition coefficient (Wildman–Crippen LogP) is 1.77. The summed E-state index contributed by atoms with van der Waals surface area (Å²) in [5.74, 6) is 0.809. The number of nitrogens with zero attached hydrogens (tertiary/aromatic N) is 2. The van der Waals surface area contributed by atoms with Crippen LogP contribution in [-0.2, 0) is 4.74 Å². The van der Waals surface area contributed by atoms with Crippen LogP contribution in [0.4, 0.5) is 0 Å². The molecule has 1 aromatic rings. The molecule has 6 heteroatoms. The molecule has 3 heterocycles. The molecule has 1 unspecified atom stereocenters. The van der Waals surface area contributed by atoms with Crippen LogP contribution < -0.4 is 0 Å². The van der Waals surface area contributed by atoms with E-state index in [4.69, 9.17) is 14.3 Å². The van der Waals surface area contributed by atoms with Gasteiger partial charge in [-0.15, -0.1) is 0 Å². The van der Waals surface area contributed by atoms with Gasteiger partial charge in [0.2, 0.25) is 5.76 Å². The lowest BCUT2D eigenvalue weighted by Gasteiger charge is -2.46. The zero-order chi connectivity index (χ0) is 15.6. The molecule has 0 radical (unpaired) electrons. The van der Waals surface area contributed by atoms with Gasteiger partial charge in [-0.2, -0.15) is 0 Å². The van der Waals surface area contributed by atoms with Crippen LogP contribution in [0.5, 0.6) is 0 Å². The summed E-state index contributed by atoms with van der Waals surface area (Å²) in [5, 5.41) is 9.14. The third kappa shape index (κ3) is 3.03. The van der Waals surface area contributed by atoms with Crippen LogP contribution >= 0.6 is 0 Å². The number of ether oxygens (including phenoxy) is 1. The molecular formula is C16H24N2O4. The van der Waals surface area contributed by atoms with Gasteiger partial charge in [-0.25, -0.2) is 4.98 Å². The van der Waals surface area contributed by atoms with E-state index in [9.17, 15) is 4.79 Å². The first-order valence-corrected chi connectivity index (χ1v) is 8.08. The highest BCUT2D eigenvalue weighted by Crippen LogP contribution is 2.38. The quantitative estimate of drug-likeness (QED) is 0.921. The minimum atomic E-state index is -0.106. The second kappa shape index (κ2) is 6.38. The van der Waals surface area contributed by atoms with Crippen molar-refractivity contribution < 1.29 is 19.1 Å². The molecular weight excluding hydrogens is 284 g/mol. The average molecular weight is 308 g/mol. The molecule has 122 valence electrons. The van der Waals surface area contributed by atoms with Gasteiger partial charge in [0.1, 0.15) is 0 Å². The van der Waals surface area contributed by atoms with Crippen LogP contribution in [0, 0.1) is 12.8 Å². The molecule has 1 amide bonds. The lowest BCUT2D eigenvalue weighted by atomic mass is 9.78. The van der Waals surface area contributed by atoms with Crippen molar-refractivity contribution in [2.45, 2.75) is 44.6 Å². The van der Waals surface area contributed by atoms with Crippen molar-refractivity contribution >= 4 is 5.91 Å². The molecule has 2 saturated heterocycles. The number of aliphatic hydroxyl groups excluding tert-OH is 1. The Labute approximate surface area is 130 Å². The summed E-state index contributed by atoms with van der Waals surface area (Å²) < 4.78 is 11.3. The lowest BCUT2D eigenvalue weighted by Crippen LogP contribution is -2.50. The van der Waals surface area contributed by atoms with Gasteiger partial charge in [-0.3, -0.25) is 4.79 Å². The third-order valence-corrected chi connectivity index (χ3v) is 5.03. The summed E-state index contributed by atoms with van der Waals surface area (Å²) in [5.41, 5.74) is 0.535. The zero-order valence-electron chi connectivity index (χ0n) is 13.1. The van der Waals surface area contributed by atoms with Gasteiger partial charge >= 0.3 is 0 Å². The smallest absolute Gasteiger partial charge is 0.291 e. The highest BCUT2D eigenvalue weighted by Gasteiger charge is 2.41. The van der Waals surface area contributed by atoms with E-state index in [1.54, 1.807) is 6.92 Å². The maximum absolute atomic E-state index is 12.4. The Bertz CT molecular complexity index is 518. The fraction of sp³-hybridized carbons (Fsp3) is 0.750. The van der Waals surface area contributed by atoms with Crippen molar-refractivity contribution in [3.63, 3.8) is 0 Å². The van der Waals surface area contributed by atoms with Crippen molar-refractivity contribution in [2.75, 3.05) is 26.3 Å². The molecule has 1 spiro atoms. The van der Waals surface area contributed by atoms with Gasteiger partial charge in [0.15, 0.2) is 6.39 Å². The van der Waals surface area contributed by atoms with Crippen molar-refractivity contribution in [1.29, 1.82) is 0 Å². The second-order valence-corrected chi connectivity index (χ2v) is 6.46. The van der Waals surface area contributed by atoms with Crippen molar-refractivity contribution in [3.05, 3.63) is 17.8 Å². The van der Waals surface area contributed by atoms with Gasteiger partial charge < -0.3 is 19.2 Å². The monoisotopic (exact) mass is 308 g/mol. The molecule has 1 aromatic heterocycles. The Morgan fingerprint density at radius 3 is 2.91 bits per heavy atom. The third-order valence-electron chi connectivity index (χ3n) is 5.03. The molecule has 2 aliphatic rings. The number of carbonyl (C=O) groups excluding carboxylic acids is 1. The molecule has 2 fully saturated rings. The Kier molecular flexibility index (Phi) is 4.49. The van der Waals surface area contributed by atoms with Crippen molar-refractivity contribution in [2.24, 2.45) is 5.92 Å². The Morgan fingerprint density at radius 2 is 2.27 bits per heavy atom. The van der Waals surface area contributed by atoms with Crippen LogP contribution in [0.25, 0.3) is 0 Å². The second-order valence-electron chi connectivity index (χ2n) is 6.46. The fourth-order valence-corrected chi connectivity index (χ4v) is 3.67. The maximum atomic E-state index is 12.4. The Balaban J connectivity index is 1.60. The van der Waals surface area contributed by atoms with Crippen molar-refractivity contribution in [3.8, 4) is 0 Å². The standard InChI is InChI=1S/C16H24N2O4/c1-12-14(21-11-17-12)15(20)18-6-4-16(5-7-18)10-13(2-8-19)3-9-22-16/h11,13,19H,2-10H2,1H3. The van der Waals surface area contributed by atoms with Crippen LogP contribution in [0.3, 0.4) is 0 Å². The summed E-state index contributed by atoms with van der Waals surface area (Å²) in [6.45, 7) is 4.16. The summed E-state index contributed by atoms with van der Waals surface area (Å²) in [7, 11) is 0. The SMILES string of the molecule is Cc1ncoc1C(=O)N1CCC2(CC1)CC(CCO)CCO2. The minimum absolute atomic E-state index is 0.0763. The number of hydrogen-bond donors (Lipinski definition) is 1. The van der Waals surface area contributed by atoms with Gasteiger partial charge in [0, 0.05) is 26.3 Å². The normalized spacial score (nSPS) is 24.6. The highest BCUT2D eigenvalue weighted by atomic mass is 16.5. The lowest BCUT2D eigenvalue weighted by molar-refractivity contribution is -0.125. The van der Waals surface area contributed by atoms with Crippen LogP contribution in [0.15, 0.2) is 10.8 Å². The average Bonchev–Trinajstić information content (AvgIpc) is 2.94. The Hall–Kier alpha value is -1.40. The van der Waals surface area contributed by atoms with E-state index in [1.165, 1.54) is 6.39 Å². The fourth-order valence-electron chi connectivity index (χ4n) is 3.67. The summed E-state index contributed by atoms with van der Waals surface area (Å²) in [4.78, 5) is 18.3. The molecule has 6 nitrogen and oxygen atoms in total. The van der Waals surface area contributed by atoms with E-state index in [0.29, 0.717) is 30.5 Å². The number of hydrogen-bond acceptors (Lipinski definition) is 5. The number of oxazole rings is 1. The minimum Gasteiger partial charge on any atom is -0.438 e. The number of piperidine rings is 1. The van der Waals surface area contributed by atoms with Crippen LogP contribution in [0.2, 0.25) is 0 Å². The molecule has 2 aliphatic heterocycles. The first kappa shape index (κ1) is 15.5. The van der Waals surface area contributed by atoms with Gasteiger partial charge in [0.25, 0.3) is 5.91 Å². The number of aryl methyl sites for hydroxylation is 1. The molecule has 3 rings (SSSR count). The van der Waals surface area contributed by atoms with Crippen molar-refractivity contribution in [1.82, 2.24) is 9.88 Å². The molecule has 22 heavy (non-hydrogen) atoms. The van der Waals surface area contributed by atoms with E-state index in [2.05, 4.69) is 4.98 Å². The first-order chi connectivity index (χ1) is 10.6. The van der Waals surface area contributed by atoms with E-state index in [1.807, 2.05) is 4.90 Å². The molecule has 0 aromatic carbocycles. The molecule has 0 aliphatic carbocycles. The summed E-state index contributed by atoms with van der Waals surface area (Å²) >= 11 is 0. The van der Waals surface area contributed by atoms with E-state index in [-0.39, 0.29) is 18.1 Å². The Morgan fingerprint density at radius 1 is 1.50 bits per heavy atom. The maximum Gasteiger partial charge on any atom is 0.291 e. The predicted molar refractivity (Wildman–Crippen MR) is 79.5 cm³/mol. The topological polar surface area (TPSA) is 75.8 Å². The molecule has 1 atom stereocenters. The highest BCUT2D eigenvalue weighted by molar-refractivity contribution is 5.92. The number of rotatable bonds is 3. The van der Waals surface area contributed by atoms with E-state index < -0.39 is 0 Å². The van der Waals surface area contributed by atoms with Gasteiger partial charge in [-0.05, 0) is 44.9 Å². The molecule has 0 saturated carbocycles. The van der Waals surface area contributed by atoms with Crippen LogP contribution in [-0.4, -0.2) is 52.8 Å².